The molecule has 0 saturated heterocycles. The first-order chi connectivity index (χ1) is 7.79. The van der Waals surface area contributed by atoms with Crippen LogP contribution in [0.3, 0.4) is 0 Å². The average molecular weight is 237 g/mol. The van der Waals surface area contributed by atoms with E-state index in [9.17, 15) is 4.79 Å². The van der Waals surface area contributed by atoms with Crippen LogP contribution in [-0.4, -0.2) is 27.6 Å². The number of rotatable bonds is 4. The Morgan fingerprint density at radius 3 is 2.65 bits per heavy atom. The number of hydrogen-bond acceptors (Lipinski definition) is 4. The molecule has 0 aliphatic rings. The number of aromatic carboxylic acids is 1. The summed E-state index contributed by atoms with van der Waals surface area (Å²) < 4.78 is 0. The van der Waals surface area contributed by atoms with Crippen LogP contribution in [-0.2, 0) is 0 Å². The van der Waals surface area contributed by atoms with Crippen LogP contribution in [0.15, 0.2) is 6.20 Å². The molecule has 1 aromatic heterocycles. The maximum atomic E-state index is 11.0. The van der Waals surface area contributed by atoms with E-state index >= 15 is 0 Å². The number of nitrogens with one attached hydrogen (secondary N) is 1. The number of hydrogen-bond donors (Lipinski definition) is 2. The van der Waals surface area contributed by atoms with Crippen LogP contribution >= 0.6 is 0 Å². The van der Waals surface area contributed by atoms with Gasteiger partial charge < -0.3 is 10.4 Å². The fourth-order valence-electron chi connectivity index (χ4n) is 1.32. The molecule has 0 fully saturated rings. The zero-order valence-corrected chi connectivity index (χ0v) is 10.7. The Balaban J connectivity index is 2.75. The van der Waals surface area contributed by atoms with Crippen molar-refractivity contribution in [1.29, 1.82) is 0 Å². The van der Waals surface area contributed by atoms with Crippen LogP contribution in [0.4, 0.5) is 5.82 Å². The lowest BCUT2D eigenvalue weighted by molar-refractivity contribution is 0.0697. The molecule has 0 bridgehead atoms. The summed E-state index contributed by atoms with van der Waals surface area (Å²) in [7, 11) is 0. The summed E-state index contributed by atoms with van der Waals surface area (Å²) in [4.78, 5) is 19.0. The summed E-state index contributed by atoms with van der Waals surface area (Å²) in [6.07, 6.45) is 2.28. The number of aromatic nitrogens is 2. The Morgan fingerprint density at radius 1 is 1.47 bits per heavy atom. The van der Waals surface area contributed by atoms with Crippen LogP contribution in [0.2, 0.25) is 0 Å². The van der Waals surface area contributed by atoms with Gasteiger partial charge in [-0.25, -0.2) is 14.8 Å². The van der Waals surface area contributed by atoms with Gasteiger partial charge in [0.1, 0.15) is 17.2 Å². The summed E-state index contributed by atoms with van der Waals surface area (Å²) in [6.45, 7) is 8.84. The molecule has 0 unspecified atom stereocenters. The highest BCUT2D eigenvalue weighted by Gasteiger charge is 2.14. The number of carbonyl (C=O) groups is 1. The number of carboxylic acids is 1. The van der Waals surface area contributed by atoms with Gasteiger partial charge in [0, 0.05) is 12.7 Å². The van der Waals surface area contributed by atoms with E-state index in [1.54, 1.807) is 6.92 Å². The van der Waals surface area contributed by atoms with Crippen molar-refractivity contribution in [2.75, 3.05) is 11.9 Å². The molecule has 0 aliphatic heterocycles. The lowest BCUT2D eigenvalue weighted by atomic mass is 9.92. The van der Waals surface area contributed by atoms with Crippen molar-refractivity contribution < 1.29 is 9.90 Å². The van der Waals surface area contributed by atoms with Gasteiger partial charge in [-0.3, -0.25) is 0 Å². The summed E-state index contributed by atoms with van der Waals surface area (Å²) in [6, 6.07) is 0. The van der Waals surface area contributed by atoms with Gasteiger partial charge >= 0.3 is 5.97 Å². The lowest BCUT2D eigenvalue weighted by Gasteiger charge is -2.18. The second-order valence-corrected chi connectivity index (χ2v) is 5.22. The maximum Gasteiger partial charge on any atom is 0.341 e. The van der Waals surface area contributed by atoms with Crippen molar-refractivity contribution in [3.63, 3.8) is 0 Å². The van der Waals surface area contributed by atoms with E-state index in [-0.39, 0.29) is 11.0 Å². The molecular weight excluding hydrogens is 218 g/mol. The van der Waals surface area contributed by atoms with Gasteiger partial charge in [-0.1, -0.05) is 20.8 Å². The zero-order chi connectivity index (χ0) is 13.1. The quantitative estimate of drug-likeness (QED) is 0.840. The minimum absolute atomic E-state index is 0.115. The normalized spacial score (nSPS) is 11.3. The molecular formula is C12H19N3O2. The highest BCUT2D eigenvalue weighted by molar-refractivity contribution is 5.92. The molecule has 0 radical (unpaired) electrons. The molecule has 17 heavy (non-hydrogen) atoms. The first-order valence-corrected chi connectivity index (χ1v) is 5.60. The molecule has 0 atom stereocenters. The minimum Gasteiger partial charge on any atom is -0.477 e. The zero-order valence-electron chi connectivity index (χ0n) is 10.7. The molecule has 1 heterocycles. The fourth-order valence-corrected chi connectivity index (χ4v) is 1.32. The highest BCUT2D eigenvalue weighted by Crippen LogP contribution is 2.19. The van der Waals surface area contributed by atoms with Crippen molar-refractivity contribution in [3.8, 4) is 0 Å². The Hall–Kier alpha value is -1.65. The number of aryl methyl sites for hydroxylation is 1. The predicted molar refractivity (Wildman–Crippen MR) is 66.3 cm³/mol. The standard InChI is InChI=1S/C12H19N3O2/c1-8-14-7-9(11(16)17)10(15-8)13-6-5-12(2,3)4/h7H,5-6H2,1-4H3,(H,16,17)(H,13,14,15). The third kappa shape index (κ3) is 4.38. The van der Waals surface area contributed by atoms with E-state index in [1.165, 1.54) is 6.20 Å². The SMILES string of the molecule is Cc1ncc(C(=O)O)c(NCCC(C)(C)C)n1. The van der Waals surface area contributed by atoms with Crippen molar-refractivity contribution in [3.05, 3.63) is 17.6 Å². The van der Waals surface area contributed by atoms with Crippen molar-refractivity contribution >= 4 is 11.8 Å². The molecule has 0 aromatic carbocycles. The van der Waals surface area contributed by atoms with Gasteiger partial charge in [-0.05, 0) is 18.8 Å². The van der Waals surface area contributed by atoms with E-state index in [0.29, 0.717) is 18.2 Å². The largest absolute Gasteiger partial charge is 0.477 e. The summed E-state index contributed by atoms with van der Waals surface area (Å²) in [5, 5.41) is 12.1. The first-order valence-electron chi connectivity index (χ1n) is 5.60. The third-order valence-electron chi connectivity index (χ3n) is 2.31. The summed E-state index contributed by atoms with van der Waals surface area (Å²) in [5.41, 5.74) is 0.322. The molecule has 0 aliphatic carbocycles. The van der Waals surface area contributed by atoms with Gasteiger partial charge in [0.05, 0.1) is 0 Å². The van der Waals surface area contributed by atoms with E-state index < -0.39 is 5.97 Å². The highest BCUT2D eigenvalue weighted by atomic mass is 16.4. The Labute approximate surface area is 101 Å². The molecule has 0 amide bonds. The number of carboxylic acid groups (broad SMARTS) is 1. The van der Waals surface area contributed by atoms with Crippen LogP contribution in [0.1, 0.15) is 43.4 Å². The molecule has 94 valence electrons. The number of anilines is 1. The average Bonchev–Trinajstić information content (AvgIpc) is 2.15. The third-order valence-corrected chi connectivity index (χ3v) is 2.31. The predicted octanol–water partition coefficient (Wildman–Crippen LogP) is 2.33. The van der Waals surface area contributed by atoms with Gasteiger partial charge in [0.2, 0.25) is 0 Å². The van der Waals surface area contributed by atoms with Crippen molar-refractivity contribution in [2.24, 2.45) is 5.41 Å². The van der Waals surface area contributed by atoms with Gasteiger partial charge in [-0.15, -0.1) is 0 Å². The van der Waals surface area contributed by atoms with Crippen LogP contribution in [0.25, 0.3) is 0 Å². The second kappa shape index (κ2) is 5.12. The van der Waals surface area contributed by atoms with Crippen LogP contribution in [0.5, 0.6) is 0 Å². The van der Waals surface area contributed by atoms with Crippen LogP contribution < -0.4 is 5.32 Å². The van der Waals surface area contributed by atoms with E-state index in [1.807, 2.05) is 0 Å². The molecule has 1 rings (SSSR count). The fraction of sp³-hybridized carbons (Fsp3) is 0.583. The van der Waals surface area contributed by atoms with Gasteiger partial charge in [0.15, 0.2) is 0 Å². The monoisotopic (exact) mass is 237 g/mol. The summed E-state index contributed by atoms with van der Waals surface area (Å²) >= 11 is 0. The molecule has 1 aromatic rings. The van der Waals surface area contributed by atoms with E-state index in [2.05, 4.69) is 36.1 Å². The second-order valence-electron chi connectivity index (χ2n) is 5.22. The lowest BCUT2D eigenvalue weighted by Crippen LogP contribution is -2.16. The van der Waals surface area contributed by atoms with Gasteiger partial charge in [0.25, 0.3) is 0 Å². The minimum atomic E-state index is -1.01. The van der Waals surface area contributed by atoms with Crippen molar-refractivity contribution in [1.82, 2.24) is 9.97 Å². The summed E-state index contributed by atoms with van der Waals surface area (Å²) in [5.74, 6) is -0.0502. The maximum absolute atomic E-state index is 11.0. The van der Waals surface area contributed by atoms with E-state index in [0.717, 1.165) is 6.42 Å². The molecule has 5 nitrogen and oxygen atoms in total. The molecule has 0 saturated carbocycles. The van der Waals surface area contributed by atoms with Crippen molar-refractivity contribution in [2.45, 2.75) is 34.1 Å². The molecule has 0 spiro atoms. The Morgan fingerprint density at radius 2 is 2.12 bits per heavy atom. The molecule has 5 heteroatoms. The first kappa shape index (κ1) is 13.4. The van der Waals surface area contributed by atoms with Gasteiger partial charge in [-0.2, -0.15) is 0 Å². The van der Waals surface area contributed by atoms with Crippen LogP contribution in [0, 0.1) is 12.3 Å². The number of nitrogens with zero attached hydrogens (tertiary/aromatic N) is 2. The Bertz CT molecular complexity index is 411. The van der Waals surface area contributed by atoms with E-state index in [4.69, 9.17) is 5.11 Å². The topological polar surface area (TPSA) is 75.1 Å². The smallest absolute Gasteiger partial charge is 0.341 e. The Kier molecular flexibility index (Phi) is 4.04. The molecule has 2 N–H and O–H groups in total.